The number of halogens is 3. The number of carbonyl (C=O) groups excluding carboxylic acids is 1. The first kappa shape index (κ1) is 14.2. The van der Waals surface area contributed by atoms with E-state index >= 15 is 0 Å². The summed E-state index contributed by atoms with van der Waals surface area (Å²) in [6.07, 6.45) is 0.952. The molecule has 1 aromatic carbocycles. The first-order chi connectivity index (χ1) is 7.56. The lowest BCUT2D eigenvalue weighted by molar-refractivity contribution is 0.0794. The first-order valence-corrected chi connectivity index (χ1v) is 7.53. The average molecular weight is 414 g/mol. The van der Waals surface area contributed by atoms with E-state index in [4.69, 9.17) is 0 Å². The van der Waals surface area contributed by atoms with Crippen LogP contribution in [0.5, 0.6) is 0 Å². The van der Waals surface area contributed by atoms with E-state index in [1.54, 1.807) is 4.90 Å². The molecule has 0 aliphatic carbocycles. The molecule has 0 aromatic heterocycles. The van der Waals surface area contributed by atoms with Gasteiger partial charge in [-0.15, -0.1) is 0 Å². The normalized spacial score (nSPS) is 10.2. The summed E-state index contributed by atoms with van der Waals surface area (Å²) in [5.74, 6) is 0.0362. The minimum Gasteiger partial charge on any atom is -0.342 e. The molecule has 0 heterocycles. The number of hydrogen-bond acceptors (Lipinski definition) is 1. The molecule has 0 aliphatic heterocycles. The molecule has 2 nitrogen and oxygen atoms in total. The zero-order valence-electron chi connectivity index (χ0n) is 8.84. The van der Waals surface area contributed by atoms with Crippen molar-refractivity contribution in [2.24, 2.45) is 0 Å². The van der Waals surface area contributed by atoms with Crippen LogP contribution in [0.15, 0.2) is 27.1 Å². The second-order valence-electron chi connectivity index (χ2n) is 3.39. The number of rotatable bonds is 4. The van der Waals surface area contributed by atoms with E-state index in [1.807, 2.05) is 25.2 Å². The van der Waals surface area contributed by atoms with Crippen LogP contribution in [0, 0.1) is 0 Å². The molecule has 5 heteroatoms. The zero-order valence-corrected chi connectivity index (χ0v) is 13.6. The van der Waals surface area contributed by atoms with Gasteiger partial charge in [-0.1, -0.05) is 31.9 Å². The van der Waals surface area contributed by atoms with Crippen LogP contribution in [0.3, 0.4) is 0 Å². The van der Waals surface area contributed by atoms with Crippen LogP contribution in [0.1, 0.15) is 16.8 Å². The largest absolute Gasteiger partial charge is 0.342 e. The number of benzene rings is 1. The Balaban J connectivity index is 2.83. The number of alkyl halides is 1. The zero-order chi connectivity index (χ0) is 12.1. The van der Waals surface area contributed by atoms with Gasteiger partial charge in [-0.05, 0) is 40.5 Å². The number of carbonyl (C=O) groups is 1. The molecule has 0 unspecified atom stereocenters. The molecular formula is C11H12Br3NO. The molecule has 1 aromatic rings. The van der Waals surface area contributed by atoms with Gasteiger partial charge in [0.25, 0.3) is 5.91 Å². The highest BCUT2D eigenvalue weighted by Crippen LogP contribution is 2.22. The molecular weight excluding hydrogens is 402 g/mol. The average Bonchev–Trinajstić information content (AvgIpc) is 2.28. The molecule has 0 aliphatic rings. The van der Waals surface area contributed by atoms with Crippen LogP contribution in [0.2, 0.25) is 0 Å². The topological polar surface area (TPSA) is 20.3 Å². The SMILES string of the molecule is CN(CCCBr)C(=O)c1cc(Br)ccc1Br. The Hall–Kier alpha value is 0.130. The van der Waals surface area contributed by atoms with Crippen LogP contribution in [-0.4, -0.2) is 29.7 Å². The van der Waals surface area contributed by atoms with Gasteiger partial charge < -0.3 is 4.90 Å². The third kappa shape index (κ3) is 3.86. The van der Waals surface area contributed by atoms with E-state index in [0.717, 1.165) is 27.2 Å². The van der Waals surface area contributed by atoms with Crippen LogP contribution >= 0.6 is 47.8 Å². The Bertz CT molecular complexity index is 381. The molecule has 1 amide bonds. The summed E-state index contributed by atoms with van der Waals surface area (Å²) in [7, 11) is 1.82. The fourth-order valence-corrected chi connectivity index (χ4v) is 2.29. The van der Waals surface area contributed by atoms with Crippen LogP contribution in [-0.2, 0) is 0 Å². The van der Waals surface area contributed by atoms with Gasteiger partial charge in [-0.3, -0.25) is 4.79 Å². The Morgan fingerprint density at radius 3 is 2.69 bits per heavy atom. The Kier molecular flexibility index (Phi) is 6.00. The van der Waals surface area contributed by atoms with Crippen molar-refractivity contribution >= 4 is 53.7 Å². The van der Waals surface area contributed by atoms with Crippen LogP contribution in [0.4, 0.5) is 0 Å². The maximum Gasteiger partial charge on any atom is 0.254 e. The lowest BCUT2D eigenvalue weighted by Crippen LogP contribution is -2.28. The van der Waals surface area contributed by atoms with E-state index in [9.17, 15) is 4.79 Å². The van der Waals surface area contributed by atoms with Crippen molar-refractivity contribution in [3.8, 4) is 0 Å². The molecule has 0 fully saturated rings. The highest BCUT2D eigenvalue weighted by atomic mass is 79.9. The predicted octanol–water partition coefficient (Wildman–Crippen LogP) is 4.07. The van der Waals surface area contributed by atoms with Crippen molar-refractivity contribution in [2.45, 2.75) is 6.42 Å². The van der Waals surface area contributed by atoms with E-state index < -0.39 is 0 Å². The Labute approximate surface area is 121 Å². The molecule has 0 spiro atoms. The van der Waals surface area contributed by atoms with E-state index in [2.05, 4.69) is 47.8 Å². The summed E-state index contributed by atoms with van der Waals surface area (Å²) in [6, 6.07) is 5.60. The number of nitrogens with zero attached hydrogens (tertiary/aromatic N) is 1. The van der Waals surface area contributed by atoms with Crippen LogP contribution < -0.4 is 0 Å². The third-order valence-electron chi connectivity index (χ3n) is 2.13. The van der Waals surface area contributed by atoms with Crippen molar-refractivity contribution in [2.75, 3.05) is 18.9 Å². The molecule has 0 saturated heterocycles. The number of hydrogen-bond donors (Lipinski definition) is 0. The van der Waals surface area contributed by atoms with Crippen molar-refractivity contribution in [3.63, 3.8) is 0 Å². The van der Waals surface area contributed by atoms with E-state index in [-0.39, 0.29) is 5.91 Å². The summed E-state index contributed by atoms with van der Waals surface area (Å²) in [5, 5.41) is 0.907. The Morgan fingerprint density at radius 2 is 2.06 bits per heavy atom. The van der Waals surface area contributed by atoms with Gasteiger partial charge in [0.15, 0.2) is 0 Å². The molecule has 1 rings (SSSR count). The minimum atomic E-state index is 0.0362. The van der Waals surface area contributed by atoms with Gasteiger partial charge in [0.05, 0.1) is 5.56 Å². The van der Waals surface area contributed by atoms with Gasteiger partial charge in [-0.25, -0.2) is 0 Å². The highest BCUT2D eigenvalue weighted by Gasteiger charge is 2.14. The van der Waals surface area contributed by atoms with Gasteiger partial charge in [0.2, 0.25) is 0 Å². The molecule has 0 saturated carbocycles. The van der Waals surface area contributed by atoms with Crippen molar-refractivity contribution < 1.29 is 4.79 Å². The summed E-state index contributed by atoms with van der Waals surface area (Å²) in [5.41, 5.74) is 0.687. The fourth-order valence-electron chi connectivity index (χ4n) is 1.27. The molecule has 0 bridgehead atoms. The summed E-state index contributed by atoms with van der Waals surface area (Å²) < 4.78 is 1.74. The van der Waals surface area contributed by atoms with Crippen molar-refractivity contribution in [3.05, 3.63) is 32.7 Å². The van der Waals surface area contributed by atoms with Crippen LogP contribution in [0.25, 0.3) is 0 Å². The summed E-state index contributed by atoms with van der Waals surface area (Å²) >= 11 is 10.1. The lowest BCUT2D eigenvalue weighted by atomic mass is 10.2. The highest BCUT2D eigenvalue weighted by molar-refractivity contribution is 9.11. The van der Waals surface area contributed by atoms with Crippen molar-refractivity contribution in [1.29, 1.82) is 0 Å². The van der Waals surface area contributed by atoms with Crippen molar-refractivity contribution in [1.82, 2.24) is 4.90 Å². The van der Waals surface area contributed by atoms with Gasteiger partial charge in [0.1, 0.15) is 0 Å². The quantitative estimate of drug-likeness (QED) is 0.681. The molecule has 0 N–H and O–H groups in total. The maximum absolute atomic E-state index is 12.1. The molecule has 0 radical (unpaired) electrons. The summed E-state index contributed by atoms with van der Waals surface area (Å²) in [6.45, 7) is 0.753. The monoisotopic (exact) mass is 411 g/mol. The van der Waals surface area contributed by atoms with E-state index in [0.29, 0.717) is 5.56 Å². The summed E-state index contributed by atoms with van der Waals surface area (Å²) in [4.78, 5) is 13.8. The molecule has 16 heavy (non-hydrogen) atoms. The maximum atomic E-state index is 12.1. The van der Waals surface area contributed by atoms with Gasteiger partial charge in [-0.2, -0.15) is 0 Å². The smallest absolute Gasteiger partial charge is 0.254 e. The minimum absolute atomic E-state index is 0.0362. The first-order valence-electron chi connectivity index (χ1n) is 4.82. The Morgan fingerprint density at radius 1 is 1.38 bits per heavy atom. The van der Waals surface area contributed by atoms with Gasteiger partial charge >= 0.3 is 0 Å². The number of amides is 1. The fraction of sp³-hybridized carbons (Fsp3) is 0.364. The second-order valence-corrected chi connectivity index (χ2v) is 5.96. The molecule has 88 valence electrons. The third-order valence-corrected chi connectivity index (χ3v) is 3.88. The van der Waals surface area contributed by atoms with Gasteiger partial charge in [0, 0.05) is 27.9 Å². The molecule has 0 atom stereocenters. The predicted molar refractivity (Wildman–Crippen MR) is 77.2 cm³/mol. The second kappa shape index (κ2) is 6.77. The lowest BCUT2D eigenvalue weighted by Gasteiger charge is -2.17. The van der Waals surface area contributed by atoms with E-state index in [1.165, 1.54) is 0 Å². The standard InChI is InChI=1S/C11H12Br3NO/c1-15(6-2-5-12)11(16)9-7-8(13)3-4-10(9)14/h3-4,7H,2,5-6H2,1H3.